The van der Waals surface area contributed by atoms with Gasteiger partial charge in [0.15, 0.2) is 11.2 Å². The van der Waals surface area contributed by atoms with Crippen molar-refractivity contribution in [3.63, 3.8) is 0 Å². The van der Waals surface area contributed by atoms with E-state index >= 15 is 0 Å². The van der Waals surface area contributed by atoms with Crippen LogP contribution >= 0.6 is 0 Å². The van der Waals surface area contributed by atoms with Crippen molar-refractivity contribution in [3.05, 3.63) is 92.8 Å². The highest BCUT2D eigenvalue weighted by atomic mass is 16.2. The van der Waals surface area contributed by atoms with Gasteiger partial charge in [-0.2, -0.15) is 4.98 Å². The van der Waals surface area contributed by atoms with E-state index in [1.807, 2.05) is 48.7 Å². The van der Waals surface area contributed by atoms with Crippen LogP contribution in [-0.4, -0.2) is 23.1 Å². The van der Waals surface area contributed by atoms with Gasteiger partial charge in [-0.15, -0.1) is 0 Å². The third-order valence-electron chi connectivity index (χ3n) is 5.72. The van der Waals surface area contributed by atoms with Gasteiger partial charge in [-0.25, -0.2) is 4.79 Å². The van der Waals surface area contributed by atoms with Gasteiger partial charge in [-0.05, 0) is 23.6 Å². The highest BCUT2D eigenvalue weighted by Gasteiger charge is 2.21. The van der Waals surface area contributed by atoms with Gasteiger partial charge < -0.3 is 4.57 Å². The van der Waals surface area contributed by atoms with Crippen LogP contribution in [0.25, 0.3) is 28.2 Å². The molecule has 2 aromatic carbocycles. The number of hydrogen-bond acceptors (Lipinski definition) is 3. The standard InChI is InChI=1S/C23H21N5O2/c1-15-9-7-8-12-17(15)13-27-18(16-10-5-4-6-11-16)14-28-19-20(24-22(27)28)25(2)23(30)26(3)21(19)29/h4-12,14H,13H2,1-3H3. The minimum absolute atomic E-state index is 0.353. The van der Waals surface area contributed by atoms with Gasteiger partial charge in [0, 0.05) is 20.3 Å². The van der Waals surface area contributed by atoms with Crippen molar-refractivity contribution < 1.29 is 0 Å². The minimum Gasteiger partial charge on any atom is -0.305 e. The van der Waals surface area contributed by atoms with Crippen LogP contribution in [0.4, 0.5) is 0 Å². The van der Waals surface area contributed by atoms with E-state index in [4.69, 9.17) is 4.98 Å². The highest BCUT2D eigenvalue weighted by Crippen LogP contribution is 2.26. The second-order valence-corrected chi connectivity index (χ2v) is 7.55. The summed E-state index contributed by atoms with van der Waals surface area (Å²) in [6.45, 7) is 2.69. The van der Waals surface area contributed by atoms with Crippen molar-refractivity contribution in [3.8, 4) is 11.3 Å². The number of rotatable bonds is 3. The predicted octanol–water partition coefficient (Wildman–Crippen LogP) is 2.71. The van der Waals surface area contributed by atoms with Crippen molar-refractivity contribution in [1.82, 2.24) is 23.1 Å². The molecule has 30 heavy (non-hydrogen) atoms. The Morgan fingerprint density at radius 1 is 0.900 bits per heavy atom. The molecule has 5 aromatic rings. The lowest BCUT2D eigenvalue weighted by molar-refractivity contribution is 0.707. The molecule has 0 radical (unpaired) electrons. The Hall–Kier alpha value is -3.87. The fraction of sp³-hybridized carbons (Fsp3) is 0.174. The van der Waals surface area contributed by atoms with Crippen molar-refractivity contribution in [1.29, 1.82) is 0 Å². The number of fused-ring (bicyclic) bond motifs is 3. The molecule has 150 valence electrons. The largest absolute Gasteiger partial charge is 0.332 e. The molecule has 0 amide bonds. The summed E-state index contributed by atoms with van der Waals surface area (Å²) in [7, 11) is 3.13. The molecule has 0 bridgehead atoms. The Morgan fingerprint density at radius 2 is 1.60 bits per heavy atom. The zero-order valence-corrected chi connectivity index (χ0v) is 17.0. The second kappa shape index (κ2) is 6.59. The summed E-state index contributed by atoms with van der Waals surface area (Å²) in [5, 5.41) is 0. The maximum absolute atomic E-state index is 12.9. The number of imidazole rings is 2. The van der Waals surface area contributed by atoms with Gasteiger partial charge in [0.25, 0.3) is 5.56 Å². The number of benzene rings is 2. The number of nitrogens with zero attached hydrogens (tertiary/aromatic N) is 5. The van der Waals surface area contributed by atoms with E-state index in [0.29, 0.717) is 23.5 Å². The van der Waals surface area contributed by atoms with E-state index in [9.17, 15) is 9.59 Å². The summed E-state index contributed by atoms with van der Waals surface area (Å²) < 4.78 is 6.45. The van der Waals surface area contributed by atoms with E-state index in [-0.39, 0.29) is 11.2 Å². The number of hydrogen-bond donors (Lipinski definition) is 0. The molecular formula is C23H21N5O2. The lowest BCUT2D eigenvalue weighted by Crippen LogP contribution is -2.37. The normalized spacial score (nSPS) is 11.6. The lowest BCUT2D eigenvalue weighted by Gasteiger charge is -2.11. The molecule has 0 unspecified atom stereocenters. The zero-order valence-electron chi connectivity index (χ0n) is 17.0. The average Bonchev–Trinajstić information content (AvgIpc) is 3.30. The van der Waals surface area contributed by atoms with Crippen LogP contribution in [0.1, 0.15) is 11.1 Å². The second-order valence-electron chi connectivity index (χ2n) is 7.55. The molecule has 0 atom stereocenters. The van der Waals surface area contributed by atoms with Crippen molar-refractivity contribution in [2.24, 2.45) is 14.1 Å². The maximum atomic E-state index is 12.9. The van der Waals surface area contributed by atoms with E-state index in [2.05, 4.69) is 23.6 Å². The van der Waals surface area contributed by atoms with Gasteiger partial charge in [0.1, 0.15) is 0 Å². The maximum Gasteiger partial charge on any atom is 0.332 e. The van der Waals surface area contributed by atoms with Gasteiger partial charge in [-0.3, -0.25) is 18.3 Å². The Morgan fingerprint density at radius 3 is 2.33 bits per heavy atom. The van der Waals surface area contributed by atoms with Crippen LogP contribution in [0.2, 0.25) is 0 Å². The molecule has 0 saturated carbocycles. The topological polar surface area (TPSA) is 66.2 Å². The summed E-state index contributed by atoms with van der Waals surface area (Å²) in [4.78, 5) is 30.0. The fourth-order valence-corrected chi connectivity index (χ4v) is 3.97. The summed E-state index contributed by atoms with van der Waals surface area (Å²) in [6.07, 6.45) is 1.93. The Labute approximate surface area is 172 Å². The van der Waals surface area contributed by atoms with Gasteiger partial charge in [0.2, 0.25) is 5.78 Å². The summed E-state index contributed by atoms with van der Waals surface area (Å²) in [5.74, 6) is 0.630. The first-order valence-corrected chi connectivity index (χ1v) is 9.74. The molecule has 5 rings (SSSR count). The van der Waals surface area contributed by atoms with E-state index < -0.39 is 0 Å². The summed E-state index contributed by atoms with van der Waals surface area (Å²) in [5.41, 5.74) is 4.39. The Bertz CT molecular complexity index is 1530. The van der Waals surface area contributed by atoms with Crippen LogP contribution in [0.3, 0.4) is 0 Å². The molecule has 0 fully saturated rings. The molecular weight excluding hydrogens is 378 g/mol. The SMILES string of the molecule is Cc1ccccc1Cn1c(-c2ccccc2)cn2c3c(=O)n(C)c(=O)n(C)c3nc12. The van der Waals surface area contributed by atoms with Crippen LogP contribution in [0.15, 0.2) is 70.4 Å². The van der Waals surface area contributed by atoms with Gasteiger partial charge in [0.05, 0.1) is 12.2 Å². The molecule has 7 nitrogen and oxygen atoms in total. The van der Waals surface area contributed by atoms with Crippen LogP contribution in [-0.2, 0) is 20.6 Å². The molecule has 0 saturated heterocycles. The first kappa shape index (κ1) is 18.2. The van der Waals surface area contributed by atoms with E-state index in [1.54, 1.807) is 11.4 Å². The minimum atomic E-state index is -0.387. The molecule has 3 heterocycles. The number of aromatic nitrogens is 5. The quantitative estimate of drug-likeness (QED) is 0.469. The fourth-order valence-electron chi connectivity index (χ4n) is 3.97. The lowest BCUT2D eigenvalue weighted by atomic mass is 10.1. The summed E-state index contributed by atoms with van der Waals surface area (Å²) in [6, 6.07) is 18.3. The monoisotopic (exact) mass is 399 g/mol. The summed E-state index contributed by atoms with van der Waals surface area (Å²) >= 11 is 0. The Kier molecular flexibility index (Phi) is 3.99. The highest BCUT2D eigenvalue weighted by molar-refractivity contribution is 5.78. The van der Waals surface area contributed by atoms with Gasteiger partial charge in [-0.1, -0.05) is 54.6 Å². The van der Waals surface area contributed by atoms with E-state index in [0.717, 1.165) is 15.8 Å². The number of aryl methyl sites for hydroxylation is 2. The third kappa shape index (κ3) is 2.55. The van der Waals surface area contributed by atoms with Crippen molar-refractivity contribution in [2.75, 3.05) is 0 Å². The molecule has 7 heteroatoms. The first-order valence-electron chi connectivity index (χ1n) is 9.74. The Balaban J connectivity index is 1.88. The van der Waals surface area contributed by atoms with Crippen LogP contribution in [0.5, 0.6) is 0 Å². The molecule has 0 aliphatic carbocycles. The smallest absolute Gasteiger partial charge is 0.305 e. The van der Waals surface area contributed by atoms with Crippen molar-refractivity contribution >= 4 is 16.9 Å². The first-order chi connectivity index (χ1) is 14.5. The molecule has 0 aliphatic rings. The average molecular weight is 399 g/mol. The third-order valence-corrected chi connectivity index (χ3v) is 5.72. The zero-order chi connectivity index (χ0) is 21.0. The predicted molar refractivity (Wildman–Crippen MR) is 117 cm³/mol. The van der Waals surface area contributed by atoms with E-state index in [1.165, 1.54) is 22.7 Å². The molecule has 0 aliphatic heterocycles. The van der Waals surface area contributed by atoms with Gasteiger partial charge >= 0.3 is 5.69 Å². The van der Waals surface area contributed by atoms with Crippen LogP contribution in [0, 0.1) is 6.92 Å². The van der Waals surface area contributed by atoms with Crippen LogP contribution < -0.4 is 11.2 Å². The van der Waals surface area contributed by atoms with Crippen molar-refractivity contribution in [2.45, 2.75) is 13.5 Å². The molecule has 0 N–H and O–H groups in total. The molecule has 3 aromatic heterocycles. The molecule has 0 spiro atoms.